The predicted molar refractivity (Wildman–Crippen MR) is 89.4 cm³/mol. The van der Waals surface area contributed by atoms with Gasteiger partial charge in [0.15, 0.2) is 6.29 Å². The molecule has 23 heavy (non-hydrogen) atoms. The number of nitrogens with zero attached hydrogens (tertiary/aromatic N) is 1. The van der Waals surface area contributed by atoms with E-state index in [-0.39, 0.29) is 5.69 Å². The van der Waals surface area contributed by atoms with Gasteiger partial charge in [-0.05, 0) is 28.3 Å². The first-order chi connectivity index (χ1) is 11.2. The number of non-ortho nitro benzene ring substituents is 1. The van der Waals surface area contributed by atoms with E-state index in [0.29, 0.717) is 16.7 Å². The quantitative estimate of drug-likeness (QED) is 0.397. The fourth-order valence-electron chi connectivity index (χ4n) is 2.52. The maximum Gasteiger partial charge on any atom is 0.270 e. The first kappa shape index (κ1) is 14.7. The van der Waals surface area contributed by atoms with Gasteiger partial charge in [-0.3, -0.25) is 14.9 Å². The lowest BCUT2D eigenvalue weighted by Gasteiger charge is -2.08. The fourth-order valence-corrected chi connectivity index (χ4v) is 2.52. The Hall–Kier alpha value is -3.27. The lowest BCUT2D eigenvalue weighted by atomic mass is 9.95. The van der Waals surface area contributed by atoms with Crippen LogP contribution in [-0.4, -0.2) is 11.2 Å². The van der Waals surface area contributed by atoms with E-state index < -0.39 is 4.92 Å². The predicted octanol–water partition coefficient (Wildman–Crippen LogP) is 4.74. The summed E-state index contributed by atoms with van der Waals surface area (Å²) >= 11 is 0. The Bertz CT molecular complexity index is 873. The second-order valence-electron chi connectivity index (χ2n) is 5.09. The van der Waals surface area contributed by atoms with Gasteiger partial charge in [-0.15, -0.1) is 0 Å². The summed E-state index contributed by atoms with van der Waals surface area (Å²) in [7, 11) is 0. The zero-order valence-corrected chi connectivity index (χ0v) is 12.2. The van der Waals surface area contributed by atoms with Gasteiger partial charge in [0.2, 0.25) is 0 Å². The van der Waals surface area contributed by atoms with Crippen LogP contribution in [0.3, 0.4) is 0 Å². The summed E-state index contributed by atoms with van der Waals surface area (Å²) in [5, 5.41) is 10.9. The Balaban J connectivity index is 2.09. The minimum Gasteiger partial charge on any atom is -0.298 e. The second kappa shape index (κ2) is 6.23. The summed E-state index contributed by atoms with van der Waals surface area (Å²) in [6.07, 6.45) is 0.778. The summed E-state index contributed by atoms with van der Waals surface area (Å²) in [5.74, 6) is 0. The molecule has 0 amide bonds. The van der Waals surface area contributed by atoms with Crippen LogP contribution in [0, 0.1) is 10.1 Å². The number of carbonyl (C=O) groups is 1. The van der Waals surface area contributed by atoms with Gasteiger partial charge < -0.3 is 0 Å². The molecule has 4 nitrogen and oxygen atoms in total. The molecule has 0 atom stereocenters. The summed E-state index contributed by atoms with van der Waals surface area (Å²) in [4.78, 5) is 21.9. The average molecular weight is 303 g/mol. The van der Waals surface area contributed by atoms with Gasteiger partial charge in [0, 0.05) is 17.7 Å². The first-order valence-electron chi connectivity index (χ1n) is 7.08. The summed E-state index contributed by atoms with van der Waals surface area (Å²) in [6.45, 7) is 0. The van der Waals surface area contributed by atoms with Crippen molar-refractivity contribution in [3.05, 3.63) is 88.5 Å². The van der Waals surface area contributed by atoms with Crippen LogP contribution < -0.4 is 0 Å². The number of nitro benzene ring substituents is 1. The lowest BCUT2D eigenvalue weighted by molar-refractivity contribution is -0.384. The number of hydrogen-bond acceptors (Lipinski definition) is 3. The monoisotopic (exact) mass is 303 g/mol. The number of hydrogen-bond donors (Lipinski definition) is 0. The standard InChI is InChI=1S/C19H13NO3/c21-13-17-11-15(14-5-2-1-3-6-14)9-10-19(17)16-7-4-8-18(12-16)20(22)23/h1-13H. The fraction of sp³-hybridized carbons (Fsp3) is 0. The van der Waals surface area contributed by atoms with E-state index in [1.54, 1.807) is 18.2 Å². The van der Waals surface area contributed by atoms with E-state index in [1.165, 1.54) is 12.1 Å². The molecule has 112 valence electrons. The van der Waals surface area contributed by atoms with Crippen molar-refractivity contribution in [1.29, 1.82) is 0 Å². The third-order valence-electron chi connectivity index (χ3n) is 3.65. The number of rotatable bonds is 4. The second-order valence-corrected chi connectivity index (χ2v) is 5.09. The van der Waals surface area contributed by atoms with Crippen LogP contribution in [0.1, 0.15) is 10.4 Å². The highest BCUT2D eigenvalue weighted by Crippen LogP contribution is 2.30. The van der Waals surface area contributed by atoms with Gasteiger partial charge in [0.1, 0.15) is 0 Å². The molecule has 0 fully saturated rings. The van der Waals surface area contributed by atoms with Gasteiger partial charge >= 0.3 is 0 Å². The SMILES string of the molecule is O=Cc1cc(-c2ccccc2)ccc1-c1cccc([N+](=O)[O-])c1. The molecule has 3 rings (SSSR count). The van der Waals surface area contributed by atoms with Crippen molar-refractivity contribution in [2.45, 2.75) is 0 Å². The van der Waals surface area contributed by atoms with Gasteiger partial charge in [-0.2, -0.15) is 0 Å². The molecule has 0 radical (unpaired) electrons. The highest BCUT2D eigenvalue weighted by molar-refractivity contribution is 5.90. The molecule has 0 aliphatic rings. The van der Waals surface area contributed by atoms with E-state index in [2.05, 4.69) is 0 Å². The molecule has 0 spiro atoms. The van der Waals surface area contributed by atoms with Crippen molar-refractivity contribution in [3.8, 4) is 22.3 Å². The molecule has 0 unspecified atom stereocenters. The molecule has 4 heteroatoms. The van der Waals surface area contributed by atoms with Gasteiger partial charge in [-0.1, -0.05) is 54.6 Å². The third-order valence-corrected chi connectivity index (χ3v) is 3.65. The molecular formula is C19H13NO3. The van der Waals surface area contributed by atoms with Crippen LogP contribution in [0.15, 0.2) is 72.8 Å². The Morgan fingerprint density at radius 1 is 0.783 bits per heavy atom. The molecule has 0 heterocycles. The topological polar surface area (TPSA) is 60.2 Å². The van der Waals surface area contributed by atoms with E-state index in [1.807, 2.05) is 42.5 Å². The maximum atomic E-state index is 11.5. The van der Waals surface area contributed by atoms with Crippen LogP contribution in [0.25, 0.3) is 22.3 Å². The molecule has 0 saturated carbocycles. The van der Waals surface area contributed by atoms with Crippen molar-refractivity contribution in [1.82, 2.24) is 0 Å². The first-order valence-corrected chi connectivity index (χ1v) is 7.08. The van der Waals surface area contributed by atoms with E-state index in [9.17, 15) is 14.9 Å². The molecule has 3 aromatic carbocycles. The summed E-state index contributed by atoms with van der Waals surface area (Å²) in [6, 6.07) is 21.6. The Labute approximate surface area is 133 Å². The Morgan fingerprint density at radius 3 is 2.22 bits per heavy atom. The summed E-state index contributed by atoms with van der Waals surface area (Å²) < 4.78 is 0. The number of nitro groups is 1. The zero-order chi connectivity index (χ0) is 16.2. The number of carbonyl (C=O) groups excluding carboxylic acids is 1. The van der Waals surface area contributed by atoms with Crippen LogP contribution >= 0.6 is 0 Å². The van der Waals surface area contributed by atoms with E-state index in [0.717, 1.165) is 17.4 Å². The zero-order valence-electron chi connectivity index (χ0n) is 12.2. The molecule has 3 aromatic rings. The van der Waals surface area contributed by atoms with Gasteiger partial charge in [-0.25, -0.2) is 0 Å². The molecule has 0 bridgehead atoms. The van der Waals surface area contributed by atoms with Gasteiger partial charge in [0.25, 0.3) is 5.69 Å². The van der Waals surface area contributed by atoms with Crippen LogP contribution in [-0.2, 0) is 0 Å². The summed E-state index contributed by atoms with van der Waals surface area (Å²) in [5.41, 5.74) is 3.80. The molecule has 0 aromatic heterocycles. The normalized spacial score (nSPS) is 10.3. The van der Waals surface area contributed by atoms with Crippen molar-refractivity contribution in [2.75, 3.05) is 0 Å². The Morgan fingerprint density at radius 2 is 1.52 bits per heavy atom. The minimum absolute atomic E-state index is 0.00600. The minimum atomic E-state index is -0.442. The third kappa shape index (κ3) is 3.01. The van der Waals surface area contributed by atoms with Crippen molar-refractivity contribution in [3.63, 3.8) is 0 Å². The van der Waals surface area contributed by atoms with Crippen molar-refractivity contribution in [2.24, 2.45) is 0 Å². The average Bonchev–Trinajstić information content (AvgIpc) is 2.62. The highest BCUT2D eigenvalue weighted by atomic mass is 16.6. The Kier molecular flexibility index (Phi) is 3.97. The van der Waals surface area contributed by atoms with Crippen LogP contribution in [0.4, 0.5) is 5.69 Å². The molecule has 0 aliphatic heterocycles. The molecule has 0 aliphatic carbocycles. The molecular weight excluding hydrogens is 290 g/mol. The number of aldehydes is 1. The van der Waals surface area contributed by atoms with Crippen molar-refractivity contribution >= 4 is 12.0 Å². The van der Waals surface area contributed by atoms with Gasteiger partial charge in [0.05, 0.1) is 4.92 Å². The lowest BCUT2D eigenvalue weighted by Crippen LogP contribution is -1.92. The van der Waals surface area contributed by atoms with E-state index in [4.69, 9.17) is 0 Å². The largest absolute Gasteiger partial charge is 0.298 e. The smallest absolute Gasteiger partial charge is 0.270 e. The van der Waals surface area contributed by atoms with Crippen LogP contribution in [0.2, 0.25) is 0 Å². The van der Waals surface area contributed by atoms with Crippen LogP contribution in [0.5, 0.6) is 0 Å². The maximum absolute atomic E-state index is 11.5. The van der Waals surface area contributed by atoms with Crippen molar-refractivity contribution < 1.29 is 9.72 Å². The molecule has 0 N–H and O–H groups in total. The van der Waals surface area contributed by atoms with E-state index >= 15 is 0 Å². The highest BCUT2D eigenvalue weighted by Gasteiger charge is 2.11. The molecule has 0 saturated heterocycles. The number of benzene rings is 3.